The first-order valence-electron chi connectivity index (χ1n) is 3.43. The number of amides is 1. The van der Waals surface area contributed by atoms with Crippen molar-refractivity contribution >= 4 is 29.1 Å². The van der Waals surface area contributed by atoms with Gasteiger partial charge in [-0.15, -0.1) is 11.6 Å². The Morgan fingerprint density at radius 1 is 1.75 bits per heavy atom. The quantitative estimate of drug-likeness (QED) is 0.629. The molecule has 0 aromatic rings. The molecule has 1 unspecified atom stereocenters. The minimum Gasteiger partial charge on any atom is -0.329 e. The summed E-state index contributed by atoms with van der Waals surface area (Å²) in [5.74, 6) is -0.322. The molecule has 68 valence electrons. The molecular formula is C6H9Cl2N3O. The average molecular weight is 210 g/mol. The molecule has 6 heteroatoms. The zero-order valence-electron chi connectivity index (χ0n) is 6.26. The number of halogens is 2. The molecule has 1 aliphatic rings. The summed E-state index contributed by atoms with van der Waals surface area (Å²) in [5, 5.41) is 1.05. The summed E-state index contributed by atoms with van der Waals surface area (Å²) in [6.45, 7) is 0.958. The molecule has 0 radical (unpaired) electrons. The molecule has 0 aliphatic carbocycles. The Labute approximate surface area is 80.3 Å². The highest BCUT2D eigenvalue weighted by Crippen LogP contribution is 2.18. The van der Waals surface area contributed by atoms with E-state index in [0.717, 1.165) is 0 Å². The molecule has 1 atom stereocenters. The molecule has 0 fully saturated rings. The predicted octanol–water partition coefficient (Wildman–Crippen LogP) is -0.0205. The first kappa shape index (κ1) is 9.64. The Balaban J connectivity index is 2.66. The number of hydrogen-bond acceptors (Lipinski definition) is 3. The van der Waals surface area contributed by atoms with Crippen LogP contribution < -0.4 is 11.2 Å². The summed E-state index contributed by atoms with van der Waals surface area (Å²) in [4.78, 5) is 11.0. The first-order valence-corrected chi connectivity index (χ1v) is 4.25. The summed E-state index contributed by atoms with van der Waals surface area (Å²) in [6, 6.07) is 0. The van der Waals surface area contributed by atoms with E-state index in [9.17, 15) is 4.79 Å². The van der Waals surface area contributed by atoms with Crippen LogP contribution in [0.25, 0.3) is 0 Å². The van der Waals surface area contributed by atoms with E-state index in [0.29, 0.717) is 18.1 Å². The molecule has 0 bridgehead atoms. The summed E-state index contributed by atoms with van der Waals surface area (Å²) in [7, 11) is 0. The van der Waals surface area contributed by atoms with Gasteiger partial charge in [-0.05, 0) is 0 Å². The molecule has 1 amide bonds. The number of hydrazine groups is 1. The van der Waals surface area contributed by atoms with Gasteiger partial charge in [-0.25, -0.2) is 0 Å². The number of hydrogen-bond donors (Lipinski definition) is 2. The largest absolute Gasteiger partial charge is 0.329 e. The van der Waals surface area contributed by atoms with Crippen LogP contribution in [0.1, 0.15) is 0 Å². The normalized spacial score (nSPS) is 23.6. The SMILES string of the molecule is NCCN1C=C(Cl)C(Cl)C(=O)N1. The Kier molecular flexibility index (Phi) is 3.20. The third kappa shape index (κ3) is 2.03. The summed E-state index contributed by atoms with van der Waals surface area (Å²) in [5.41, 5.74) is 7.81. The Morgan fingerprint density at radius 3 is 2.92 bits per heavy atom. The highest BCUT2D eigenvalue weighted by Gasteiger charge is 2.25. The van der Waals surface area contributed by atoms with E-state index in [-0.39, 0.29) is 5.91 Å². The lowest BCUT2D eigenvalue weighted by atomic mass is 10.3. The molecule has 12 heavy (non-hydrogen) atoms. The van der Waals surface area contributed by atoms with Gasteiger partial charge in [-0.3, -0.25) is 15.2 Å². The third-order valence-corrected chi connectivity index (χ3v) is 2.24. The fourth-order valence-electron chi connectivity index (χ4n) is 0.830. The van der Waals surface area contributed by atoms with E-state index in [1.165, 1.54) is 5.01 Å². The monoisotopic (exact) mass is 209 g/mol. The topological polar surface area (TPSA) is 58.4 Å². The van der Waals surface area contributed by atoms with Crippen LogP contribution in [0.5, 0.6) is 0 Å². The van der Waals surface area contributed by atoms with Crippen molar-refractivity contribution < 1.29 is 4.79 Å². The molecule has 0 aromatic carbocycles. The molecule has 1 rings (SSSR count). The highest BCUT2D eigenvalue weighted by molar-refractivity contribution is 6.43. The van der Waals surface area contributed by atoms with Gasteiger partial charge in [0.05, 0.1) is 11.6 Å². The van der Waals surface area contributed by atoms with Crippen LogP contribution >= 0.6 is 23.2 Å². The van der Waals surface area contributed by atoms with E-state index in [2.05, 4.69) is 5.43 Å². The summed E-state index contributed by atoms with van der Waals surface area (Å²) >= 11 is 11.3. The van der Waals surface area contributed by atoms with Crippen LogP contribution in [0, 0.1) is 0 Å². The van der Waals surface area contributed by atoms with Crippen molar-refractivity contribution in [2.45, 2.75) is 5.38 Å². The highest BCUT2D eigenvalue weighted by atomic mass is 35.5. The Hall–Kier alpha value is -0.450. The Morgan fingerprint density at radius 2 is 2.42 bits per heavy atom. The molecule has 3 N–H and O–H groups in total. The van der Waals surface area contributed by atoms with E-state index in [1.54, 1.807) is 6.20 Å². The number of carbonyl (C=O) groups excluding carboxylic acids is 1. The van der Waals surface area contributed by atoms with Gasteiger partial charge < -0.3 is 5.73 Å². The van der Waals surface area contributed by atoms with Crippen molar-refractivity contribution in [1.82, 2.24) is 10.4 Å². The van der Waals surface area contributed by atoms with Crippen molar-refractivity contribution in [3.63, 3.8) is 0 Å². The fraction of sp³-hybridized carbons (Fsp3) is 0.500. The van der Waals surface area contributed by atoms with Crippen LogP contribution in [0.2, 0.25) is 0 Å². The van der Waals surface area contributed by atoms with Crippen molar-refractivity contribution in [3.05, 3.63) is 11.2 Å². The molecule has 0 saturated carbocycles. The van der Waals surface area contributed by atoms with Gasteiger partial charge >= 0.3 is 0 Å². The minimum atomic E-state index is -0.777. The van der Waals surface area contributed by atoms with Crippen molar-refractivity contribution in [2.24, 2.45) is 5.73 Å². The van der Waals surface area contributed by atoms with E-state index in [4.69, 9.17) is 28.9 Å². The average Bonchev–Trinajstić information content (AvgIpc) is 2.01. The maximum Gasteiger partial charge on any atom is 0.262 e. The van der Waals surface area contributed by atoms with E-state index in [1.807, 2.05) is 0 Å². The summed E-state index contributed by atoms with van der Waals surface area (Å²) < 4.78 is 0. The second kappa shape index (κ2) is 3.98. The molecule has 0 aromatic heterocycles. The van der Waals surface area contributed by atoms with Crippen molar-refractivity contribution in [1.29, 1.82) is 0 Å². The van der Waals surface area contributed by atoms with E-state index < -0.39 is 5.38 Å². The van der Waals surface area contributed by atoms with E-state index >= 15 is 0 Å². The maximum absolute atomic E-state index is 11.0. The standard InChI is InChI=1S/C6H9Cl2N3O/c7-4-3-11(2-1-9)10-6(12)5(4)8/h3,5H,1-2,9H2,(H,10,12). The number of rotatable bonds is 2. The van der Waals surface area contributed by atoms with Gasteiger partial charge in [-0.2, -0.15) is 0 Å². The molecule has 1 aliphatic heterocycles. The van der Waals surface area contributed by atoms with Gasteiger partial charge in [0.1, 0.15) is 0 Å². The molecular weight excluding hydrogens is 201 g/mol. The number of carbonyl (C=O) groups is 1. The van der Waals surface area contributed by atoms with Gasteiger partial charge in [-0.1, -0.05) is 11.6 Å². The van der Waals surface area contributed by atoms with Gasteiger partial charge in [0, 0.05) is 12.7 Å². The van der Waals surface area contributed by atoms with Crippen LogP contribution in [0.3, 0.4) is 0 Å². The third-order valence-electron chi connectivity index (χ3n) is 1.38. The molecule has 0 spiro atoms. The fourth-order valence-corrected chi connectivity index (χ4v) is 1.15. The minimum absolute atomic E-state index is 0.314. The molecule has 0 saturated heterocycles. The van der Waals surface area contributed by atoms with Gasteiger partial charge in [0.2, 0.25) is 0 Å². The Bertz CT molecular complexity index is 219. The van der Waals surface area contributed by atoms with Crippen LogP contribution in [0.4, 0.5) is 0 Å². The zero-order valence-corrected chi connectivity index (χ0v) is 7.77. The molecule has 4 nitrogen and oxygen atoms in total. The van der Waals surface area contributed by atoms with Crippen molar-refractivity contribution in [2.75, 3.05) is 13.1 Å². The van der Waals surface area contributed by atoms with Gasteiger partial charge in [0.25, 0.3) is 5.91 Å². The number of nitrogens with one attached hydrogen (secondary N) is 1. The number of nitrogens with zero attached hydrogens (tertiary/aromatic N) is 1. The maximum atomic E-state index is 11.0. The van der Waals surface area contributed by atoms with Crippen molar-refractivity contribution in [3.8, 4) is 0 Å². The number of alkyl halides is 1. The molecule has 1 heterocycles. The second-order valence-corrected chi connectivity index (χ2v) is 3.21. The zero-order chi connectivity index (χ0) is 9.14. The lowest BCUT2D eigenvalue weighted by Crippen LogP contribution is -2.48. The van der Waals surface area contributed by atoms with Crippen LogP contribution in [-0.2, 0) is 4.79 Å². The van der Waals surface area contributed by atoms with Gasteiger partial charge in [0.15, 0.2) is 5.38 Å². The lowest BCUT2D eigenvalue weighted by Gasteiger charge is -2.27. The second-order valence-electron chi connectivity index (χ2n) is 2.33. The van der Waals surface area contributed by atoms with Crippen LogP contribution in [-0.4, -0.2) is 29.4 Å². The van der Waals surface area contributed by atoms with Crippen LogP contribution in [0.15, 0.2) is 11.2 Å². The predicted molar refractivity (Wildman–Crippen MR) is 47.5 cm³/mol. The smallest absolute Gasteiger partial charge is 0.262 e. The summed E-state index contributed by atoms with van der Waals surface area (Å²) in [6.07, 6.45) is 1.56. The lowest BCUT2D eigenvalue weighted by molar-refractivity contribution is -0.124. The number of nitrogens with two attached hydrogens (primary N) is 1. The first-order chi connectivity index (χ1) is 5.65.